The van der Waals surface area contributed by atoms with E-state index in [1.54, 1.807) is 36.5 Å². The molecule has 0 unspecified atom stereocenters. The van der Waals surface area contributed by atoms with E-state index < -0.39 is 11.8 Å². The number of benzene rings is 2. The first-order valence-electron chi connectivity index (χ1n) is 8.52. The zero-order valence-corrected chi connectivity index (χ0v) is 14.8. The maximum atomic E-state index is 14.6. The van der Waals surface area contributed by atoms with Crippen LogP contribution in [0.3, 0.4) is 0 Å². The van der Waals surface area contributed by atoms with Gasteiger partial charge in [0.1, 0.15) is 11.2 Å². The molecule has 0 saturated carbocycles. The topological polar surface area (TPSA) is 68.0 Å². The Labute approximate surface area is 159 Å². The molecule has 0 spiro atoms. The number of carbonyl (C=O) groups is 1. The largest absolute Gasteiger partial charge is 0.435 e. The van der Waals surface area contributed by atoms with Gasteiger partial charge in [-0.15, -0.1) is 0 Å². The lowest BCUT2D eigenvalue weighted by atomic mass is 10.0. The van der Waals surface area contributed by atoms with Crippen LogP contribution >= 0.6 is 0 Å². The molecule has 1 amide bonds. The van der Waals surface area contributed by atoms with Crippen LogP contribution in [0.25, 0.3) is 22.7 Å². The smallest absolute Gasteiger partial charge is 0.350 e. The summed E-state index contributed by atoms with van der Waals surface area (Å²) >= 11 is 0. The molecule has 2 aromatic carbocycles. The van der Waals surface area contributed by atoms with Crippen molar-refractivity contribution in [2.45, 2.75) is 12.8 Å². The number of hydrogen-bond donors (Lipinski definition) is 1. The molecule has 0 fully saturated rings. The normalized spacial score (nSPS) is 11.5. The fraction of sp³-hybridized carbons (Fsp3) is 0.0952. The Hall–Kier alpha value is -3.61. The number of aryl methyl sites for hydroxylation is 1. The molecule has 0 atom stereocenters. The summed E-state index contributed by atoms with van der Waals surface area (Å²) in [4.78, 5) is 20.7. The second-order valence-corrected chi connectivity index (χ2v) is 6.26. The standard InChI is InChI=1S/C21H15F2N3O2/c1-13-6-2-3-7-15(13)21(22,23)20(27)25-14-9-10-16-18(12-14)28-19(26-16)17-8-4-5-11-24-17/h2-12H,1H3,(H,25,27). The van der Waals surface area contributed by atoms with Crippen LogP contribution in [-0.2, 0) is 10.7 Å². The summed E-state index contributed by atoms with van der Waals surface area (Å²) in [5.74, 6) is -4.77. The molecule has 28 heavy (non-hydrogen) atoms. The number of hydrogen-bond acceptors (Lipinski definition) is 4. The number of nitrogens with one attached hydrogen (secondary N) is 1. The van der Waals surface area contributed by atoms with Gasteiger partial charge in [-0.1, -0.05) is 30.3 Å². The molecule has 0 saturated heterocycles. The summed E-state index contributed by atoms with van der Waals surface area (Å²) < 4.78 is 34.8. The van der Waals surface area contributed by atoms with Gasteiger partial charge >= 0.3 is 5.92 Å². The van der Waals surface area contributed by atoms with E-state index in [1.165, 1.54) is 37.3 Å². The average Bonchev–Trinajstić information content (AvgIpc) is 3.12. The van der Waals surface area contributed by atoms with Gasteiger partial charge < -0.3 is 9.73 Å². The number of aromatic nitrogens is 2. The fourth-order valence-corrected chi connectivity index (χ4v) is 2.86. The Bertz CT molecular complexity index is 1160. The number of anilines is 1. The van der Waals surface area contributed by atoms with Crippen molar-refractivity contribution in [1.82, 2.24) is 9.97 Å². The number of oxazole rings is 1. The van der Waals surface area contributed by atoms with E-state index in [2.05, 4.69) is 15.3 Å². The number of rotatable bonds is 4. The van der Waals surface area contributed by atoms with Crippen LogP contribution in [0.5, 0.6) is 0 Å². The van der Waals surface area contributed by atoms with Gasteiger partial charge in [0, 0.05) is 23.5 Å². The molecule has 2 heterocycles. The Morgan fingerprint density at radius 3 is 2.61 bits per heavy atom. The molecule has 0 radical (unpaired) electrons. The van der Waals surface area contributed by atoms with Crippen LogP contribution in [0.1, 0.15) is 11.1 Å². The van der Waals surface area contributed by atoms with Crippen molar-refractivity contribution in [3.05, 3.63) is 78.0 Å². The highest BCUT2D eigenvalue weighted by atomic mass is 19.3. The van der Waals surface area contributed by atoms with E-state index in [-0.39, 0.29) is 11.3 Å². The summed E-state index contributed by atoms with van der Waals surface area (Å²) in [5, 5.41) is 2.26. The van der Waals surface area contributed by atoms with Gasteiger partial charge in [0.2, 0.25) is 5.89 Å². The van der Waals surface area contributed by atoms with Crippen molar-refractivity contribution in [3.8, 4) is 11.6 Å². The number of alkyl halides is 2. The highest BCUT2D eigenvalue weighted by Gasteiger charge is 2.42. The maximum absolute atomic E-state index is 14.6. The molecular weight excluding hydrogens is 364 g/mol. The lowest BCUT2D eigenvalue weighted by molar-refractivity contribution is -0.141. The fourth-order valence-electron chi connectivity index (χ4n) is 2.86. The van der Waals surface area contributed by atoms with Crippen molar-refractivity contribution in [1.29, 1.82) is 0 Å². The SMILES string of the molecule is Cc1ccccc1C(F)(F)C(=O)Nc1ccc2nc(-c3ccccn3)oc2c1. The molecule has 0 bridgehead atoms. The molecule has 4 rings (SSSR count). The molecule has 0 aliphatic rings. The molecule has 7 heteroatoms. The summed E-state index contributed by atoms with van der Waals surface area (Å²) in [5.41, 5.74) is 1.64. The zero-order valence-electron chi connectivity index (χ0n) is 14.8. The Morgan fingerprint density at radius 2 is 1.86 bits per heavy atom. The number of fused-ring (bicyclic) bond motifs is 1. The minimum absolute atomic E-state index is 0.189. The van der Waals surface area contributed by atoms with E-state index in [0.29, 0.717) is 28.2 Å². The van der Waals surface area contributed by atoms with Gasteiger partial charge in [0.15, 0.2) is 5.58 Å². The predicted molar refractivity (Wildman–Crippen MR) is 101 cm³/mol. The van der Waals surface area contributed by atoms with Crippen LogP contribution in [0.15, 0.2) is 71.3 Å². The molecular formula is C21H15F2N3O2. The van der Waals surface area contributed by atoms with Gasteiger partial charge in [0.25, 0.3) is 5.91 Å². The predicted octanol–water partition coefficient (Wildman–Crippen LogP) is 4.93. The van der Waals surface area contributed by atoms with Crippen LogP contribution < -0.4 is 5.32 Å². The van der Waals surface area contributed by atoms with Crippen molar-refractivity contribution in [3.63, 3.8) is 0 Å². The van der Waals surface area contributed by atoms with Gasteiger partial charge in [-0.3, -0.25) is 9.78 Å². The highest BCUT2D eigenvalue weighted by Crippen LogP contribution is 2.32. The second kappa shape index (κ2) is 6.84. The average molecular weight is 379 g/mol. The monoisotopic (exact) mass is 379 g/mol. The molecule has 140 valence electrons. The number of halogens is 2. The minimum Gasteiger partial charge on any atom is -0.435 e. The van der Waals surface area contributed by atoms with Crippen molar-refractivity contribution >= 4 is 22.7 Å². The summed E-state index contributed by atoms with van der Waals surface area (Å²) in [7, 11) is 0. The first kappa shape index (κ1) is 17.8. The number of pyridine rings is 1. The van der Waals surface area contributed by atoms with Crippen molar-refractivity contribution in [2.75, 3.05) is 5.32 Å². The highest BCUT2D eigenvalue weighted by molar-refractivity contribution is 5.98. The van der Waals surface area contributed by atoms with E-state index in [9.17, 15) is 13.6 Å². The maximum Gasteiger partial charge on any atom is 0.350 e. The number of carbonyl (C=O) groups excluding carboxylic acids is 1. The van der Waals surface area contributed by atoms with Gasteiger partial charge in [-0.05, 0) is 36.8 Å². The summed E-state index contributed by atoms with van der Waals surface area (Å²) in [6.45, 7) is 1.54. The minimum atomic E-state index is -3.67. The molecule has 1 N–H and O–H groups in total. The number of amides is 1. The lowest BCUT2D eigenvalue weighted by Gasteiger charge is -2.18. The molecule has 0 aliphatic carbocycles. The first-order chi connectivity index (χ1) is 13.4. The third-order valence-corrected chi connectivity index (χ3v) is 4.30. The second-order valence-electron chi connectivity index (χ2n) is 6.26. The van der Waals surface area contributed by atoms with Crippen LogP contribution in [0.2, 0.25) is 0 Å². The Balaban J connectivity index is 1.61. The van der Waals surface area contributed by atoms with Crippen molar-refractivity contribution < 1.29 is 18.0 Å². The van der Waals surface area contributed by atoms with E-state index in [0.717, 1.165) is 0 Å². The van der Waals surface area contributed by atoms with Gasteiger partial charge in [-0.25, -0.2) is 4.98 Å². The van der Waals surface area contributed by atoms with E-state index >= 15 is 0 Å². The zero-order chi connectivity index (χ0) is 19.7. The van der Waals surface area contributed by atoms with Crippen molar-refractivity contribution in [2.24, 2.45) is 0 Å². The van der Waals surface area contributed by atoms with Crippen LogP contribution in [-0.4, -0.2) is 15.9 Å². The Morgan fingerprint density at radius 1 is 1.07 bits per heavy atom. The van der Waals surface area contributed by atoms with E-state index in [4.69, 9.17) is 4.42 Å². The third-order valence-electron chi connectivity index (χ3n) is 4.30. The Kier molecular flexibility index (Phi) is 4.35. The summed E-state index contributed by atoms with van der Waals surface area (Å²) in [6.07, 6.45) is 1.61. The first-order valence-corrected chi connectivity index (χ1v) is 8.52. The molecule has 5 nitrogen and oxygen atoms in total. The third kappa shape index (κ3) is 3.22. The molecule has 4 aromatic rings. The summed E-state index contributed by atoms with van der Waals surface area (Å²) in [6, 6.07) is 15.8. The quantitative estimate of drug-likeness (QED) is 0.546. The molecule has 0 aliphatic heterocycles. The van der Waals surface area contributed by atoms with Gasteiger partial charge in [-0.2, -0.15) is 8.78 Å². The van der Waals surface area contributed by atoms with E-state index in [1.807, 2.05) is 0 Å². The number of nitrogens with zero attached hydrogens (tertiary/aromatic N) is 2. The van der Waals surface area contributed by atoms with Gasteiger partial charge in [0.05, 0.1) is 0 Å². The lowest BCUT2D eigenvalue weighted by Crippen LogP contribution is -2.32. The van der Waals surface area contributed by atoms with Crippen LogP contribution in [0, 0.1) is 6.92 Å². The van der Waals surface area contributed by atoms with Crippen LogP contribution in [0.4, 0.5) is 14.5 Å². The molecule has 2 aromatic heterocycles.